The Morgan fingerprint density at radius 3 is 2.41 bits per heavy atom. The molecule has 17 heavy (non-hydrogen) atoms. The molecule has 0 aliphatic heterocycles. The summed E-state index contributed by atoms with van der Waals surface area (Å²) < 4.78 is 0. The van der Waals surface area contributed by atoms with E-state index >= 15 is 0 Å². The summed E-state index contributed by atoms with van der Waals surface area (Å²) in [7, 11) is 0. The van der Waals surface area contributed by atoms with E-state index in [0.717, 1.165) is 14.7 Å². The van der Waals surface area contributed by atoms with Crippen LogP contribution in [0.15, 0.2) is 63.2 Å². The Kier molecular flexibility index (Phi) is 6.18. The van der Waals surface area contributed by atoms with Crippen molar-refractivity contribution in [1.29, 1.82) is 5.26 Å². The van der Waals surface area contributed by atoms with Crippen LogP contribution in [0, 0.1) is 11.3 Å². The average Bonchev–Trinajstić information content (AvgIpc) is 2.33. The van der Waals surface area contributed by atoms with Crippen LogP contribution in [0.5, 0.6) is 0 Å². The molecule has 0 saturated carbocycles. The first kappa shape index (κ1) is 14.7. The van der Waals surface area contributed by atoms with E-state index in [1.807, 2.05) is 42.5 Å². The molecule has 0 radical (unpaired) electrons. The van der Waals surface area contributed by atoms with Gasteiger partial charge in [0.1, 0.15) is 0 Å². The maximum Gasteiger partial charge on any atom is 1.00 e. The van der Waals surface area contributed by atoms with Crippen LogP contribution in [0.1, 0.15) is 5.56 Å². The maximum absolute atomic E-state index is 8.83. The van der Waals surface area contributed by atoms with Gasteiger partial charge < -0.3 is 0 Å². The molecule has 78 valence electrons. The second-order valence-electron chi connectivity index (χ2n) is 3.21. The third-order valence-corrected chi connectivity index (χ3v) is 3.67. The Labute approximate surface area is 133 Å². The van der Waals surface area contributed by atoms with E-state index in [9.17, 15) is 0 Å². The zero-order valence-corrected chi connectivity index (χ0v) is 13.1. The first-order chi connectivity index (χ1) is 7.79. The molecular weight excluding hydrogens is 257 g/mol. The van der Waals surface area contributed by atoms with Crippen molar-refractivity contribution in [3.63, 3.8) is 0 Å². The van der Waals surface area contributed by atoms with E-state index in [4.69, 9.17) is 5.26 Å². The molecule has 0 spiro atoms. The topological polar surface area (TPSA) is 23.8 Å². The number of nitriles is 1. The van der Waals surface area contributed by atoms with Crippen LogP contribution in [-0.4, -0.2) is 0 Å². The molecule has 0 heterocycles. The number of hydrogen-bond donors (Lipinski definition) is 1. The number of benzene rings is 2. The molecule has 2 aromatic carbocycles. The Bertz CT molecular complexity index is 535. The summed E-state index contributed by atoms with van der Waals surface area (Å²) in [5.74, 6) is 0. The minimum atomic E-state index is 0. The van der Waals surface area contributed by atoms with Crippen molar-refractivity contribution in [2.75, 3.05) is 0 Å². The molecule has 0 N–H and O–H groups in total. The first-order valence-electron chi connectivity index (χ1n) is 4.75. The Morgan fingerprint density at radius 1 is 1.06 bits per heavy atom. The number of thiol groups is 1. The third-order valence-electron chi connectivity index (χ3n) is 2.06. The number of nitrogens with zero attached hydrogens (tertiary/aromatic N) is 1. The quantitative estimate of drug-likeness (QED) is 0.648. The van der Waals surface area contributed by atoms with Gasteiger partial charge in [-0.3, -0.25) is 0 Å². The SMILES string of the molecule is N#Cc1ccc(S)c(Sc2ccccc2)c1.[Na+]. The molecule has 0 aliphatic rings. The van der Waals surface area contributed by atoms with Gasteiger partial charge >= 0.3 is 29.6 Å². The van der Waals surface area contributed by atoms with E-state index in [0.29, 0.717) is 5.56 Å². The van der Waals surface area contributed by atoms with Crippen molar-refractivity contribution < 1.29 is 29.6 Å². The van der Waals surface area contributed by atoms with Gasteiger partial charge in [0, 0.05) is 14.7 Å². The summed E-state index contributed by atoms with van der Waals surface area (Å²) in [4.78, 5) is 3.05. The van der Waals surface area contributed by atoms with E-state index in [1.165, 1.54) is 0 Å². The van der Waals surface area contributed by atoms with Crippen LogP contribution >= 0.6 is 24.4 Å². The Morgan fingerprint density at radius 2 is 1.76 bits per heavy atom. The molecule has 0 aromatic heterocycles. The Hall–Kier alpha value is -0.370. The maximum atomic E-state index is 8.83. The normalized spacial score (nSPS) is 9.18. The molecule has 1 nitrogen and oxygen atoms in total. The fraction of sp³-hybridized carbons (Fsp3) is 0. The summed E-state index contributed by atoms with van der Waals surface area (Å²) >= 11 is 6.00. The molecule has 0 unspecified atom stereocenters. The van der Waals surface area contributed by atoms with Gasteiger partial charge in [-0.05, 0) is 30.3 Å². The van der Waals surface area contributed by atoms with E-state index in [-0.39, 0.29) is 29.6 Å². The summed E-state index contributed by atoms with van der Waals surface area (Å²) in [6, 6.07) is 17.7. The van der Waals surface area contributed by atoms with Crippen LogP contribution < -0.4 is 29.6 Å². The van der Waals surface area contributed by atoms with Crippen molar-refractivity contribution in [2.24, 2.45) is 0 Å². The van der Waals surface area contributed by atoms with Crippen LogP contribution in [0.3, 0.4) is 0 Å². The molecule has 0 fully saturated rings. The van der Waals surface area contributed by atoms with Crippen molar-refractivity contribution >= 4 is 24.4 Å². The van der Waals surface area contributed by atoms with Crippen molar-refractivity contribution in [1.82, 2.24) is 0 Å². The zero-order chi connectivity index (χ0) is 11.4. The molecule has 0 bridgehead atoms. The molecule has 0 aliphatic carbocycles. The van der Waals surface area contributed by atoms with Gasteiger partial charge in [-0.2, -0.15) is 5.26 Å². The van der Waals surface area contributed by atoms with Crippen LogP contribution in [0.4, 0.5) is 0 Å². The fourth-order valence-electron chi connectivity index (χ4n) is 1.28. The van der Waals surface area contributed by atoms with Gasteiger partial charge in [0.15, 0.2) is 0 Å². The van der Waals surface area contributed by atoms with Crippen molar-refractivity contribution in [3.8, 4) is 6.07 Å². The molecule has 4 heteroatoms. The summed E-state index contributed by atoms with van der Waals surface area (Å²) in [5.41, 5.74) is 0.663. The second kappa shape index (κ2) is 7.15. The molecule has 2 aromatic rings. The minimum absolute atomic E-state index is 0. The molecule has 0 amide bonds. The van der Waals surface area contributed by atoms with Gasteiger partial charge in [-0.1, -0.05) is 30.0 Å². The molecule has 2 rings (SSSR count). The Balaban J connectivity index is 0.00000144. The largest absolute Gasteiger partial charge is 1.00 e. The van der Waals surface area contributed by atoms with Gasteiger partial charge in [-0.15, -0.1) is 12.6 Å². The first-order valence-corrected chi connectivity index (χ1v) is 6.02. The summed E-state index contributed by atoms with van der Waals surface area (Å²) in [5, 5.41) is 8.83. The van der Waals surface area contributed by atoms with Gasteiger partial charge in [0.05, 0.1) is 11.6 Å². The van der Waals surface area contributed by atoms with Gasteiger partial charge in [-0.25, -0.2) is 0 Å². The molecular formula is C13H9NNaS2+. The monoisotopic (exact) mass is 266 g/mol. The van der Waals surface area contributed by atoms with E-state index in [1.54, 1.807) is 17.8 Å². The van der Waals surface area contributed by atoms with E-state index in [2.05, 4.69) is 18.7 Å². The van der Waals surface area contributed by atoms with Crippen LogP contribution in [-0.2, 0) is 0 Å². The van der Waals surface area contributed by atoms with E-state index < -0.39 is 0 Å². The van der Waals surface area contributed by atoms with Gasteiger partial charge in [0.2, 0.25) is 0 Å². The standard InChI is InChI=1S/C13H9NS2.Na/c14-9-10-6-7-12(15)13(8-10)16-11-4-2-1-3-5-11;/h1-8,15H;/q;+1. The zero-order valence-electron chi connectivity index (χ0n) is 9.42. The average molecular weight is 266 g/mol. The number of rotatable bonds is 2. The molecule has 0 atom stereocenters. The van der Waals surface area contributed by atoms with Gasteiger partial charge in [0.25, 0.3) is 0 Å². The fourth-order valence-corrected chi connectivity index (χ4v) is 2.46. The van der Waals surface area contributed by atoms with Crippen LogP contribution in [0.2, 0.25) is 0 Å². The smallest absolute Gasteiger partial charge is 0.192 e. The minimum Gasteiger partial charge on any atom is -0.192 e. The number of hydrogen-bond acceptors (Lipinski definition) is 3. The predicted octanol–water partition coefficient (Wildman–Crippen LogP) is 1.00. The van der Waals surface area contributed by atoms with Crippen molar-refractivity contribution in [3.05, 3.63) is 54.1 Å². The van der Waals surface area contributed by atoms with Crippen LogP contribution in [0.25, 0.3) is 0 Å². The molecule has 0 saturated heterocycles. The second-order valence-corrected chi connectivity index (χ2v) is 4.81. The predicted molar refractivity (Wildman–Crippen MR) is 69.0 cm³/mol. The van der Waals surface area contributed by atoms with Crippen molar-refractivity contribution in [2.45, 2.75) is 14.7 Å². The summed E-state index contributed by atoms with van der Waals surface area (Å²) in [6.45, 7) is 0. The third kappa shape index (κ3) is 4.09. The summed E-state index contributed by atoms with van der Waals surface area (Å²) in [6.07, 6.45) is 0.